The molecule has 1 aromatic heterocycles. The van der Waals surface area contributed by atoms with E-state index in [9.17, 15) is 13.2 Å². The van der Waals surface area contributed by atoms with Crippen LogP contribution in [0.25, 0.3) is 10.9 Å². The van der Waals surface area contributed by atoms with Gasteiger partial charge in [-0.3, -0.25) is 4.90 Å². The molecule has 0 spiro atoms. The fraction of sp³-hybridized carbons (Fsp3) is 0.333. The van der Waals surface area contributed by atoms with Gasteiger partial charge in [-0.05, 0) is 73.3 Å². The lowest BCUT2D eigenvalue weighted by Gasteiger charge is -2.29. The largest absolute Gasteiger partial charge is 0.493 e. The van der Waals surface area contributed by atoms with Crippen LogP contribution in [0.15, 0.2) is 109 Å². The Kier molecular flexibility index (Phi) is 10.9. The molecule has 1 aliphatic heterocycles. The molecule has 6 rings (SSSR count). The van der Waals surface area contributed by atoms with Gasteiger partial charge in [0.15, 0.2) is 0 Å². The minimum atomic E-state index is -4.52. The fourth-order valence-corrected chi connectivity index (χ4v) is 6.96. The fourth-order valence-electron chi connectivity index (χ4n) is 6.67. The van der Waals surface area contributed by atoms with Crippen molar-refractivity contribution < 1.29 is 17.9 Å². The molecule has 8 heteroatoms. The molecule has 4 aromatic carbocycles. The number of rotatable bonds is 14. The molecule has 246 valence electrons. The summed E-state index contributed by atoms with van der Waals surface area (Å²) in [5.41, 5.74) is 3.12. The van der Waals surface area contributed by atoms with Crippen LogP contribution in [0.1, 0.15) is 47.4 Å². The van der Waals surface area contributed by atoms with E-state index in [4.69, 9.17) is 16.3 Å². The molecule has 0 bridgehead atoms. The molecule has 0 atom stereocenters. The quantitative estimate of drug-likeness (QED) is 0.111. The summed E-state index contributed by atoms with van der Waals surface area (Å²) in [4.78, 5) is 4.72. The number of halogens is 4. The Labute approximate surface area is 280 Å². The van der Waals surface area contributed by atoms with Crippen molar-refractivity contribution in [2.45, 2.75) is 44.4 Å². The zero-order valence-electron chi connectivity index (χ0n) is 26.5. The van der Waals surface area contributed by atoms with Gasteiger partial charge in [0.1, 0.15) is 5.75 Å². The van der Waals surface area contributed by atoms with Crippen molar-refractivity contribution in [1.82, 2.24) is 14.4 Å². The summed E-state index contributed by atoms with van der Waals surface area (Å²) >= 11 is 6.39. The summed E-state index contributed by atoms with van der Waals surface area (Å²) in [6.07, 6.45) is 0.888. The number of hydrogen-bond acceptors (Lipinski definition) is 3. The lowest BCUT2D eigenvalue weighted by molar-refractivity contribution is -0.137. The second-order valence-electron chi connectivity index (χ2n) is 12.3. The molecule has 4 nitrogen and oxygen atoms in total. The average Bonchev–Trinajstić information content (AvgIpc) is 3.76. The number of ether oxygens (including phenoxy) is 1. The average molecular weight is 660 g/mol. The van der Waals surface area contributed by atoms with Gasteiger partial charge in [-0.2, -0.15) is 13.2 Å². The van der Waals surface area contributed by atoms with Gasteiger partial charge in [0.05, 0.1) is 22.7 Å². The third-order valence-electron chi connectivity index (χ3n) is 9.13. The summed E-state index contributed by atoms with van der Waals surface area (Å²) in [7, 11) is 0. The smallest absolute Gasteiger partial charge is 0.417 e. The zero-order chi connectivity index (χ0) is 32.6. The predicted octanol–water partition coefficient (Wildman–Crippen LogP) is 9.51. The van der Waals surface area contributed by atoms with Crippen molar-refractivity contribution in [3.05, 3.63) is 137 Å². The van der Waals surface area contributed by atoms with Crippen LogP contribution in [-0.2, 0) is 19.3 Å². The first-order valence-electron chi connectivity index (χ1n) is 16.5. The van der Waals surface area contributed by atoms with Crippen LogP contribution in [-0.4, -0.2) is 53.7 Å². The van der Waals surface area contributed by atoms with Crippen molar-refractivity contribution in [2.24, 2.45) is 0 Å². The number of benzene rings is 4. The Hall–Kier alpha value is -3.78. The monoisotopic (exact) mass is 659 g/mol. The van der Waals surface area contributed by atoms with Gasteiger partial charge in [-0.15, -0.1) is 0 Å². The van der Waals surface area contributed by atoms with Crippen molar-refractivity contribution in [1.29, 1.82) is 0 Å². The van der Waals surface area contributed by atoms with E-state index in [-0.39, 0.29) is 17.5 Å². The summed E-state index contributed by atoms with van der Waals surface area (Å²) in [6, 6.07) is 33.0. The minimum absolute atomic E-state index is 0.0250. The molecule has 5 aromatic rings. The van der Waals surface area contributed by atoms with Crippen molar-refractivity contribution in [3.63, 3.8) is 0 Å². The van der Waals surface area contributed by atoms with E-state index in [0.717, 1.165) is 46.9 Å². The van der Waals surface area contributed by atoms with Crippen molar-refractivity contribution in [3.8, 4) is 5.75 Å². The number of nitrogens with zero attached hydrogens (tertiary/aromatic N) is 3. The SMILES string of the molecule is FC(F)(F)c1cccc(CN(CCCOc2cccc3c2ccn3CCN2CCCC2)CC(c2ccccc2)c2ccccc2)c1Cl. The highest BCUT2D eigenvalue weighted by atomic mass is 35.5. The van der Waals surface area contributed by atoms with E-state index < -0.39 is 11.7 Å². The molecule has 0 unspecified atom stereocenters. The summed E-state index contributed by atoms with van der Waals surface area (Å²) in [5, 5.41) is 0.855. The molecule has 0 saturated carbocycles. The lowest BCUT2D eigenvalue weighted by atomic mass is 9.90. The van der Waals surface area contributed by atoms with Gasteiger partial charge in [0.2, 0.25) is 0 Å². The molecule has 0 aliphatic carbocycles. The topological polar surface area (TPSA) is 20.6 Å². The van der Waals surface area contributed by atoms with E-state index >= 15 is 0 Å². The van der Waals surface area contributed by atoms with Crippen molar-refractivity contribution in [2.75, 3.05) is 39.3 Å². The van der Waals surface area contributed by atoms with Crippen LogP contribution in [0.2, 0.25) is 5.02 Å². The third kappa shape index (κ3) is 8.39. The maximum absolute atomic E-state index is 13.7. The molecule has 0 amide bonds. The van der Waals surface area contributed by atoms with Crippen LogP contribution >= 0.6 is 11.6 Å². The molecular weight excluding hydrogens is 619 g/mol. The number of hydrogen-bond donors (Lipinski definition) is 0. The first-order valence-corrected chi connectivity index (χ1v) is 16.8. The Balaban J connectivity index is 1.18. The second-order valence-corrected chi connectivity index (χ2v) is 12.7. The van der Waals surface area contributed by atoms with Gasteiger partial charge in [-0.25, -0.2) is 0 Å². The maximum Gasteiger partial charge on any atom is 0.417 e. The predicted molar refractivity (Wildman–Crippen MR) is 184 cm³/mol. The van der Waals surface area contributed by atoms with Gasteiger partial charge in [-0.1, -0.05) is 90.5 Å². The van der Waals surface area contributed by atoms with Gasteiger partial charge in [0.25, 0.3) is 0 Å². The highest BCUT2D eigenvalue weighted by Gasteiger charge is 2.34. The molecule has 47 heavy (non-hydrogen) atoms. The normalized spacial score (nSPS) is 14.1. The first-order chi connectivity index (χ1) is 22.9. The van der Waals surface area contributed by atoms with E-state index in [2.05, 4.69) is 57.0 Å². The summed E-state index contributed by atoms with van der Waals surface area (Å²) in [6.45, 7) is 6.35. The van der Waals surface area contributed by atoms with Gasteiger partial charge < -0.3 is 14.2 Å². The number of likely N-dealkylation sites (tertiary alicyclic amines) is 1. The van der Waals surface area contributed by atoms with Crippen molar-refractivity contribution >= 4 is 22.5 Å². The third-order valence-corrected chi connectivity index (χ3v) is 9.57. The molecule has 1 aliphatic rings. The van der Waals surface area contributed by atoms with E-state index in [1.54, 1.807) is 6.07 Å². The molecule has 0 radical (unpaired) electrons. The van der Waals surface area contributed by atoms with E-state index in [1.807, 2.05) is 48.5 Å². The Morgan fingerprint density at radius 2 is 1.47 bits per heavy atom. The molecule has 2 heterocycles. The molecule has 1 saturated heterocycles. The van der Waals surface area contributed by atoms with Crippen LogP contribution in [0.4, 0.5) is 13.2 Å². The number of alkyl halides is 3. The first kappa shape index (κ1) is 33.1. The van der Waals surface area contributed by atoms with Gasteiger partial charge >= 0.3 is 6.18 Å². The zero-order valence-corrected chi connectivity index (χ0v) is 27.3. The number of fused-ring (bicyclic) bond motifs is 1. The van der Waals surface area contributed by atoms with Crippen LogP contribution in [0, 0.1) is 0 Å². The Morgan fingerprint density at radius 1 is 0.787 bits per heavy atom. The maximum atomic E-state index is 13.7. The summed E-state index contributed by atoms with van der Waals surface area (Å²) in [5.74, 6) is 0.873. The summed E-state index contributed by atoms with van der Waals surface area (Å²) < 4.78 is 49.9. The molecular formula is C39H41ClF3N3O. The lowest BCUT2D eigenvalue weighted by Crippen LogP contribution is -2.31. The second kappa shape index (κ2) is 15.4. The minimum Gasteiger partial charge on any atom is -0.493 e. The highest BCUT2D eigenvalue weighted by Crippen LogP contribution is 2.37. The standard InChI is InChI=1S/C39H41ClF3N3O/c40-38-32(16-9-17-35(38)39(41,42)43)28-45(29-34(30-12-3-1-4-13-30)31-14-5-2-6-15-31)23-11-27-47-37-19-10-18-36-33(37)20-24-46(36)26-25-44-21-7-8-22-44/h1-6,9-10,12-20,24,34H,7-8,11,21-23,25-29H2. The Morgan fingerprint density at radius 3 is 2.15 bits per heavy atom. The number of aromatic nitrogens is 1. The van der Waals surface area contributed by atoms with E-state index in [0.29, 0.717) is 31.7 Å². The van der Waals surface area contributed by atoms with E-state index in [1.165, 1.54) is 32.0 Å². The van der Waals surface area contributed by atoms with Gasteiger partial charge in [0, 0.05) is 50.2 Å². The van der Waals surface area contributed by atoms with Crippen LogP contribution < -0.4 is 4.74 Å². The molecule has 0 N–H and O–H groups in total. The highest BCUT2D eigenvalue weighted by molar-refractivity contribution is 6.32. The van der Waals surface area contributed by atoms with Crippen LogP contribution in [0.5, 0.6) is 5.75 Å². The Bertz CT molecular complexity index is 1680. The van der Waals surface area contributed by atoms with Crippen LogP contribution in [0.3, 0.4) is 0 Å². The molecule has 1 fully saturated rings.